The first-order chi connectivity index (χ1) is 8.93. The van der Waals surface area contributed by atoms with Crippen molar-refractivity contribution < 1.29 is 14.3 Å². The number of primary amides is 1. The standard InChI is InChI=1S/C12H14IN3O3/c1-7(5-11(14)17)15-16-12(18)8-3-4-10(19-2)9(13)6-8/h3-4,6H,5H2,1-2H3,(H2,14,17)(H,16,18)/b15-7-. The summed E-state index contributed by atoms with van der Waals surface area (Å²) in [6.45, 7) is 1.61. The monoisotopic (exact) mass is 375 g/mol. The Morgan fingerprint density at radius 1 is 1.47 bits per heavy atom. The number of hydrazone groups is 1. The minimum Gasteiger partial charge on any atom is -0.496 e. The molecular formula is C12H14IN3O3. The van der Waals surface area contributed by atoms with Gasteiger partial charge in [0.25, 0.3) is 5.91 Å². The van der Waals surface area contributed by atoms with Crippen molar-refractivity contribution in [2.75, 3.05) is 7.11 Å². The number of carbonyl (C=O) groups excluding carboxylic acids is 2. The van der Waals surface area contributed by atoms with Gasteiger partial charge >= 0.3 is 0 Å². The number of nitrogens with one attached hydrogen (secondary N) is 1. The molecule has 0 fully saturated rings. The van der Waals surface area contributed by atoms with E-state index in [0.717, 1.165) is 3.57 Å². The number of halogens is 1. The second-order valence-corrected chi connectivity index (χ2v) is 4.94. The maximum absolute atomic E-state index is 11.8. The molecule has 0 aliphatic rings. The predicted molar refractivity (Wildman–Crippen MR) is 80.1 cm³/mol. The molecule has 0 aliphatic heterocycles. The topological polar surface area (TPSA) is 93.8 Å². The van der Waals surface area contributed by atoms with Crippen molar-refractivity contribution in [2.24, 2.45) is 10.8 Å². The zero-order chi connectivity index (χ0) is 14.4. The largest absolute Gasteiger partial charge is 0.496 e. The van der Waals surface area contributed by atoms with Gasteiger partial charge in [0.2, 0.25) is 5.91 Å². The summed E-state index contributed by atoms with van der Waals surface area (Å²) in [5.74, 6) is -0.149. The summed E-state index contributed by atoms with van der Waals surface area (Å²) in [7, 11) is 1.56. The summed E-state index contributed by atoms with van der Waals surface area (Å²) >= 11 is 2.08. The van der Waals surface area contributed by atoms with E-state index in [1.54, 1.807) is 32.2 Å². The van der Waals surface area contributed by atoms with Crippen molar-refractivity contribution in [3.63, 3.8) is 0 Å². The van der Waals surface area contributed by atoms with Crippen molar-refractivity contribution in [2.45, 2.75) is 13.3 Å². The highest BCUT2D eigenvalue weighted by Crippen LogP contribution is 2.21. The van der Waals surface area contributed by atoms with Crippen molar-refractivity contribution >= 4 is 40.1 Å². The summed E-state index contributed by atoms with van der Waals surface area (Å²) in [6, 6.07) is 5.03. The van der Waals surface area contributed by atoms with E-state index in [9.17, 15) is 9.59 Å². The molecule has 2 amide bonds. The smallest absolute Gasteiger partial charge is 0.271 e. The fourth-order valence-corrected chi connectivity index (χ4v) is 2.05. The molecule has 0 aliphatic carbocycles. The molecule has 1 aromatic carbocycles. The molecule has 0 radical (unpaired) electrons. The molecule has 0 aromatic heterocycles. The van der Waals surface area contributed by atoms with Crippen LogP contribution in [0, 0.1) is 3.57 Å². The van der Waals surface area contributed by atoms with Crippen LogP contribution in [-0.4, -0.2) is 24.6 Å². The van der Waals surface area contributed by atoms with Crippen LogP contribution in [0.4, 0.5) is 0 Å². The molecule has 0 heterocycles. The number of ether oxygens (including phenoxy) is 1. The van der Waals surface area contributed by atoms with Gasteiger partial charge in [0.1, 0.15) is 5.75 Å². The highest BCUT2D eigenvalue weighted by Gasteiger charge is 2.08. The third-order valence-corrected chi connectivity index (χ3v) is 3.04. The fourth-order valence-electron chi connectivity index (χ4n) is 1.31. The summed E-state index contributed by atoms with van der Waals surface area (Å²) in [6.07, 6.45) is 0.0143. The van der Waals surface area contributed by atoms with E-state index in [0.29, 0.717) is 17.0 Å². The second-order valence-electron chi connectivity index (χ2n) is 3.78. The normalized spacial score (nSPS) is 11.0. The van der Waals surface area contributed by atoms with Gasteiger partial charge in [-0.1, -0.05) is 0 Å². The van der Waals surface area contributed by atoms with E-state index in [2.05, 4.69) is 33.1 Å². The number of benzene rings is 1. The van der Waals surface area contributed by atoms with Gasteiger partial charge in [0.15, 0.2) is 0 Å². The molecule has 0 spiro atoms. The number of hydrogen-bond donors (Lipinski definition) is 2. The van der Waals surface area contributed by atoms with Gasteiger partial charge in [-0.3, -0.25) is 9.59 Å². The number of hydrogen-bond acceptors (Lipinski definition) is 4. The molecule has 0 saturated carbocycles. The van der Waals surface area contributed by atoms with Crippen LogP contribution in [0.25, 0.3) is 0 Å². The Balaban J connectivity index is 2.73. The zero-order valence-electron chi connectivity index (χ0n) is 10.6. The molecule has 102 valence electrons. The summed E-state index contributed by atoms with van der Waals surface area (Å²) < 4.78 is 5.93. The first-order valence-corrected chi connectivity index (χ1v) is 6.47. The molecule has 6 nitrogen and oxygen atoms in total. The fraction of sp³-hybridized carbons (Fsp3) is 0.250. The quantitative estimate of drug-likeness (QED) is 0.461. The minimum absolute atomic E-state index is 0.0143. The van der Waals surface area contributed by atoms with Crippen LogP contribution >= 0.6 is 22.6 Å². The Bertz CT molecular complexity index is 529. The van der Waals surface area contributed by atoms with Crippen molar-refractivity contribution in [1.82, 2.24) is 5.43 Å². The lowest BCUT2D eigenvalue weighted by Gasteiger charge is -2.05. The summed E-state index contributed by atoms with van der Waals surface area (Å²) in [5.41, 5.74) is 8.29. The Kier molecular flexibility index (Phi) is 5.74. The van der Waals surface area contributed by atoms with Gasteiger partial charge in [0, 0.05) is 11.3 Å². The van der Waals surface area contributed by atoms with Crippen molar-refractivity contribution in [1.29, 1.82) is 0 Å². The Labute approximate surface area is 124 Å². The first-order valence-electron chi connectivity index (χ1n) is 5.39. The van der Waals surface area contributed by atoms with Crippen molar-refractivity contribution in [3.8, 4) is 5.75 Å². The predicted octanol–water partition coefficient (Wildman–Crippen LogP) is 1.28. The van der Waals surface area contributed by atoms with Gasteiger partial charge in [-0.2, -0.15) is 5.10 Å². The average Bonchev–Trinajstić information content (AvgIpc) is 2.35. The van der Waals surface area contributed by atoms with E-state index >= 15 is 0 Å². The lowest BCUT2D eigenvalue weighted by Crippen LogP contribution is -2.21. The summed E-state index contributed by atoms with van der Waals surface area (Å²) in [5, 5.41) is 3.80. The maximum atomic E-state index is 11.8. The number of rotatable bonds is 5. The number of nitrogens with zero attached hydrogens (tertiary/aromatic N) is 1. The van der Waals surface area contributed by atoms with Crippen LogP contribution in [0.2, 0.25) is 0 Å². The lowest BCUT2D eigenvalue weighted by molar-refractivity contribution is -0.116. The molecular weight excluding hydrogens is 361 g/mol. The van der Waals surface area contributed by atoms with Gasteiger partial charge < -0.3 is 10.5 Å². The first kappa shape index (κ1) is 15.4. The van der Waals surface area contributed by atoms with Gasteiger partial charge in [0.05, 0.1) is 17.1 Å². The zero-order valence-corrected chi connectivity index (χ0v) is 12.7. The molecule has 0 unspecified atom stereocenters. The maximum Gasteiger partial charge on any atom is 0.271 e. The van der Waals surface area contributed by atoms with Crippen LogP contribution in [0.3, 0.4) is 0 Å². The Morgan fingerprint density at radius 3 is 2.68 bits per heavy atom. The van der Waals surface area contributed by atoms with E-state index in [1.165, 1.54) is 0 Å². The molecule has 1 rings (SSSR count). The molecule has 19 heavy (non-hydrogen) atoms. The number of nitrogens with two attached hydrogens (primary N) is 1. The Hall–Kier alpha value is -1.64. The van der Waals surface area contributed by atoms with Gasteiger partial charge in [-0.25, -0.2) is 5.43 Å². The van der Waals surface area contributed by atoms with Crippen LogP contribution in [0.5, 0.6) is 5.75 Å². The third kappa shape index (κ3) is 4.86. The van der Waals surface area contributed by atoms with Gasteiger partial charge in [-0.15, -0.1) is 0 Å². The third-order valence-electron chi connectivity index (χ3n) is 2.19. The molecule has 1 aromatic rings. The molecule has 3 N–H and O–H groups in total. The molecule has 0 saturated heterocycles. The van der Waals surface area contributed by atoms with Gasteiger partial charge in [-0.05, 0) is 47.7 Å². The average molecular weight is 375 g/mol. The number of amides is 2. The van der Waals surface area contributed by atoms with E-state index in [1.807, 2.05) is 0 Å². The number of carbonyl (C=O) groups is 2. The molecule has 7 heteroatoms. The lowest BCUT2D eigenvalue weighted by atomic mass is 10.2. The molecule has 0 bridgehead atoms. The summed E-state index contributed by atoms with van der Waals surface area (Å²) in [4.78, 5) is 22.5. The van der Waals surface area contributed by atoms with Crippen LogP contribution < -0.4 is 15.9 Å². The second kappa shape index (κ2) is 7.07. The SMILES string of the molecule is COc1ccc(C(=O)N/N=C(/C)CC(N)=O)cc1I. The minimum atomic E-state index is -0.491. The highest BCUT2D eigenvalue weighted by atomic mass is 127. The van der Waals surface area contributed by atoms with Crippen LogP contribution in [0.15, 0.2) is 23.3 Å². The number of methoxy groups -OCH3 is 1. The molecule has 0 atom stereocenters. The van der Waals surface area contributed by atoms with Crippen LogP contribution in [-0.2, 0) is 4.79 Å². The van der Waals surface area contributed by atoms with E-state index in [-0.39, 0.29) is 12.3 Å². The highest BCUT2D eigenvalue weighted by molar-refractivity contribution is 14.1. The van der Waals surface area contributed by atoms with Crippen molar-refractivity contribution in [3.05, 3.63) is 27.3 Å². The van der Waals surface area contributed by atoms with E-state index in [4.69, 9.17) is 10.5 Å². The Morgan fingerprint density at radius 2 is 2.16 bits per heavy atom. The van der Waals surface area contributed by atoms with Crippen LogP contribution in [0.1, 0.15) is 23.7 Å². The van der Waals surface area contributed by atoms with E-state index < -0.39 is 5.91 Å².